The van der Waals surface area contributed by atoms with Crippen LogP contribution in [0.2, 0.25) is 0 Å². The van der Waals surface area contributed by atoms with Gasteiger partial charge in [-0.1, -0.05) is 31.2 Å². The molecule has 1 aromatic rings. The van der Waals surface area contributed by atoms with Crippen LogP contribution in [0.15, 0.2) is 24.3 Å². The number of alkyl halides is 1. The average molecular weight is 166 g/mol. The molecule has 0 bridgehead atoms. The predicted molar refractivity (Wildman–Crippen MR) is 49.9 cm³/mol. The van der Waals surface area contributed by atoms with E-state index >= 15 is 0 Å². The zero-order valence-corrected chi connectivity index (χ0v) is 7.89. The highest BCUT2D eigenvalue weighted by molar-refractivity contribution is 5.30. The fourth-order valence-electron chi connectivity index (χ4n) is 1.35. The number of halogens is 1. The molecule has 0 saturated carbocycles. The molecule has 12 heavy (non-hydrogen) atoms. The van der Waals surface area contributed by atoms with Crippen molar-refractivity contribution in [1.29, 1.82) is 0 Å². The van der Waals surface area contributed by atoms with Crippen LogP contribution in [0.5, 0.6) is 0 Å². The van der Waals surface area contributed by atoms with Gasteiger partial charge in [-0.25, -0.2) is 4.39 Å². The maximum Gasteiger partial charge on any atom is 0.133 e. The normalized spacial score (nSPS) is 15.7. The molecule has 0 aliphatic rings. The number of rotatable bonds is 2. The topological polar surface area (TPSA) is 0 Å². The smallest absolute Gasteiger partial charge is 0.133 e. The van der Waals surface area contributed by atoms with E-state index in [0.717, 1.165) is 11.1 Å². The molecule has 1 atom stereocenters. The summed E-state index contributed by atoms with van der Waals surface area (Å²) in [6.45, 7) is 5.45. The summed E-state index contributed by atoms with van der Waals surface area (Å²) < 4.78 is 13.8. The largest absolute Gasteiger partial charge is 0.239 e. The lowest BCUT2D eigenvalue weighted by Gasteiger charge is -2.20. The van der Waals surface area contributed by atoms with Crippen molar-refractivity contribution in [3.8, 4) is 0 Å². The molecule has 66 valence electrons. The predicted octanol–water partition coefficient (Wildman–Crippen LogP) is 3.59. The summed E-state index contributed by atoms with van der Waals surface area (Å²) in [5.41, 5.74) is 0.669. The molecule has 0 aliphatic carbocycles. The molecule has 1 heteroatoms. The zero-order chi connectivity index (χ0) is 9.19. The van der Waals surface area contributed by atoms with Crippen molar-refractivity contribution in [2.75, 3.05) is 0 Å². The van der Waals surface area contributed by atoms with Crippen LogP contribution in [-0.2, 0) is 5.67 Å². The third kappa shape index (κ3) is 1.66. The number of aryl methyl sites for hydroxylation is 1. The van der Waals surface area contributed by atoms with Gasteiger partial charge in [0.15, 0.2) is 0 Å². The third-order valence-electron chi connectivity index (χ3n) is 2.37. The van der Waals surface area contributed by atoms with Crippen molar-refractivity contribution >= 4 is 0 Å². The molecular formula is C11H15F. The Labute approximate surface area is 73.4 Å². The van der Waals surface area contributed by atoms with Crippen LogP contribution in [0.3, 0.4) is 0 Å². The van der Waals surface area contributed by atoms with E-state index in [4.69, 9.17) is 0 Å². The molecule has 0 amide bonds. The summed E-state index contributed by atoms with van der Waals surface area (Å²) in [5.74, 6) is 0. The first-order valence-electron chi connectivity index (χ1n) is 4.33. The van der Waals surface area contributed by atoms with Gasteiger partial charge in [0.05, 0.1) is 0 Å². The summed E-state index contributed by atoms with van der Waals surface area (Å²) >= 11 is 0. The van der Waals surface area contributed by atoms with Gasteiger partial charge in [0.2, 0.25) is 0 Å². The summed E-state index contributed by atoms with van der Waals surface area (Å²) in [7, 11) is 0. The van der Waals surface area contributed by atoms with Crippen molar-refractivity contribution in [3.05, 3.63) is 35.4 Å². The SMILES string of the molecule is CCC(C)(F)c1ccccc1C. The molecule has 1 unspecified atom stereocenters. The lowest BCUT2D eigenvalue weighted by molar-refractivity contribution is 0.184. The van der Waals surface area contributed by atoms with Gasteiger partial charge in [0.1, 0.15) is 5.67 Å². The van der Waals surface area contributed by atoms with E-state index < -0.39 is 5.67 Å². The lowest BCUT2D eigenvalue weighted by atomic mass is 9.92. The zero-order valence-electron chi connectivity index (χ0n) is 7.89. The second-order valence-electron chi connectivity index (χ2n) is 3.37. The molecule has 1 aromatic carbocycles. The number of hydrogen-bond donors (Lipinski definition) is 0. The van der Waals surface area contributed by atoms with Gasteiger partial charge in [0, 0.05) is 0 Å². The Bertz CT molecular complexity index is 263. The maximum absolute atomic E-state index is 13.8. The average Bonchev–Trinajstić information content (AvgIpc) is 2.05. The van der Waals surface area contributed by atoms with Crippen molar-refractivity contribution in [1.82, 2.24) is 0 Å². The molecule has 0 saturated heterocycles. The summed E-state index contributed by atoms with van der Waals surface area (Å²) in [6.07, 6.45) is 0.526. The van der Waals surface area contributed by atoms with E-state index in [1.165, 1.54) is 0 Å². The second-order valence-corrected chi connectivity index (χ2v) is 3.37. The van der Waals surface area contributed by atoms with Crippen molar-refractivity contribution in [3.63, 3.8) is 0 Å². The highest BCUT2D eigenvalue weighted by Crippen LogP contribution is 2.30. The van der Waals surface area contributed by atoms with Gasteiger partial charge in [0.25, 0.3) is 0 Å². The monoisotopic (exact) mass is 166 g/mol. The first-order valence-corrected chi connectivity index (χ1v) is 4.33. The van der Waals surface area contributed by atoms with Gasteiger partial charge in [-0.2, -0.15) is 0 Å². The van der Waals surface area contributed by atoms with Gasteiger partial charge in [-0.3, -0.25) is 0 Å². The molecule has 0 nitrogen and oxygen atoms in total. The molecule has 0 aliphatic heterocycles. The first kappa shape index (κ1) is 9.24. The van der Waals surface area contributed by atoms with E-state index in [9.17, 15) is 4.39 Å². The minimum Gasteiger partial charge on any atom is -0.239 e. The van der Waals surface area contributed by atoms with Crippen LogP contribution in [0, 0.1) is 6.92 Å². The molecular weight excluding hydrogens is 151 g/mol. The first-order chi connectivity index (χ1) is 5.58. The van der Waals surface area contributed by atoms with Gasteiger partial charge >= 0.3 is 0 Å². The lowest BCUT2D eigenvalue weighted by Crippen LogP contribution is -2.14. The van der Waals surface area contributed by atoms with Crippen LogP contribution in [0.4, 0.5) is 4.39 Å². The van der Waals surface area contributed by atoms with E-state index in [0.29, 0.717) is 6.42 Å². The molecule has 0 spiro atoms. The van der Waals surface area contributed by atoms with E-state index in [2.05, 4.69) is 0 Å². The van der Waals surface area contributed by atoms with Gasteiger partial charge in [-0.05, 0) is 31.4 Å². The number of benzene rings is 1. The third-order valence-corrected chi connectivity index (χ3v) is 2.37. The van der Waals surface area contributed by atoms with Crippen LogP contribution in [0.1, 0.15) is 31.4 Å². The Morgan fingerprint density at radius 1 is 1.33 bits per heavy atom. The Morgan fingerprint density at radius 3 is 2.42 bits per heavy atom. The molecule has 0 fully saturated rings. The molecule has 0 heterocycles. The highest BCUT2D eigenvalue weighted by Gasteiger charge is 2.24. The Hall–Kier alpha value is -0.850. The summed E-state index contributed by atoms with van der Waals surface area (Å²) in [4.78, 5) is 0. The van der Waals surface area contributed by atoms with Gasteiger partial charge in [-0.15, -0.1) is 0 Å². The second kappa shape index (κ2) is 3.26. The maximum atomic E-state index is 13.8. The Kier molecular flexibility index (Phi) is 2.51. The highest BCUT2D eigenvalue weighted by atomic mass is 19.1. The van der Waals surface area contributed by atoms with Crippen LogP contribution < -0.4 is 0 Å². The van der Waals surface area contributed by atoms with Crippen molar-refractivity contribution in [2.45, 2.75) is 32.9 Å². The van der Waals surface area contributed by atoms with Crippen molar-refractivity contribution < 1.29 is 4.39 Å². The van der Waals surface area contributed by atoms with E-state index in [-0.39, 0.29) is 0 Å². The van der Waals surface area contributed by atoms with Crippen LogP contribution in [0.25, 0.3) is 0 Å². The van der Waals surface area contributed by atoms with Crippen molar-refractivity contribution in [2.24, 2.45) is 0 Å². The molecule has 0 aromatic heterocycles. The van der Waals surface area contributed by atoms with Gasteiger partial charge < -0.3 is 0 Å². The molecule has 0 radical (unpaired) electrons. The van der Waals surface area contributed by atoms with Crippen LogP contribution in [-0.4, -0.2) is 0 Å². The molecule has 0 N–H and O–H groups in total. The standard InChI is InChI=1S/C11H15F/c1-4-11(3,12)10-8-6-5-7-9(10)2/h5-8H,4H2,1-3H3. The van der Waals surface area contributed by atoms with E-state index in [1.807, 2.05) is 38.1 Å². The molecule has 1 rings (SSSR count). The fraction of sp³-hybridized carbons (Fsp3) is 0.455. The van der Waals surface area contributed by atoms with E-state index in [1.54, 1.807) is 6.92 Å². The Balaban J connectivity index is 3.10. The summed E-state index contributed by atoms with van der Waals surface area (Å²) in [6, 6.07) is 7.63. The number of hydrogen-bond acceptors (Lipinski definition) is 0. The minimum absolute atomic E-state index is 0.526. The Morgan fingerprint density at radius 2 is 1.92 bits per heavy atom. The fourth-order valence-corrected chi connectivity index (χ4v) is 1.35. The minimum atomic E-state index is -1.18. The summed E-state index contributed by atoms with van der Waals surface area (Å²) in [5, 5.41) is 0. The quantitative estimate of drug-likeness (QED) is 0.629. The van der Waals surface area contributed by atoms with Crippen LogP contribution >= 0.6 is 0 Å².